The zero-order chi connectivity index (χ0) is 9.68. The van der Waals surface area contributed by atoms with Gasteiger partial charge in [-0.2, -0.15) is 0 Å². The molecule has 1 rings (SSSR count). The molecule has 0 spiro atoms. The third-order valence-corrected chi connectivity index (χ3v) is 2.57. The summed E-state index contributed by atoms with van der Waals surface area (Å²) >= 11 is 9.45. The van der Waals surface area contributed by atoms with Gasteiger partial charge >= 0.3 is 0 Å². The van der Waals surface area contributed by atoms with Crippen LogP contribution in [-0.4, -0.2) is 23.5 Å². The topological polar surface area (TPSA) is 22.1 Å². The fourth-order valence-electron chi connectivity index (χ4n) is 1.05. The number of hydrogen-bond donors (Lipinski definition) is 0. The molecule has 0 fully saturated rings. The fourth-order valence-corrected chi connectivity index (χ4v) is 1.86. The van der Waals surface area contributed by atoms with Gasteiger partial charge in [-0.15, -0.1) is 0 Å². The maximum absolute atomic E-state index is 5.94. The standard InChI is InChI=1S/C9H11BrClNO/c1-13-6-8(10)4-7-2-3-12-5-9(7)11/h2-3,5,8H,4,6H2,1H3. The van der Waals surface area contributed by atoms with Crippen LogP contribution < -0.4 is 0 Å². The molecule has 0 saturated heterocycles. The Hall–Kier alpha value is -0.120. The van der Waals surface area contributed by atoms with Crippen molar-refractivity contribution in [3.8, 4) is 0 Å². The van der Waals surface area contributed by atoms with E-state index in [0.29, 0.717) is 16.5 Å². The quantitative estimate of drug-likeness (QED) is 0.780. The molecule has 0 N–H and O–H groups in total. The molecule has 1 unspecified atom stereocenters. The molecule has 0 amide bonds. The van der Waals surface area contributed by atoms with Crippen molar-refractivity contribution in [2.45, 2.75) is 11.2 Å². The minimum atomic E-state index is 0.303. The first-order valence-electron chi connectivity index (χ1n) is 3.95. The molecule has 1 aromatic rings. The minimum absolute atomic E-state index is 0.303. The zero-order valence-electron chi connectivity index (χ0n) is 7.34. The molecule has 13 heavy (non-hydrogen) atoms. The van der Waals surface area contributed by atoms with Gasteiger partial charge in [0.05, 0.1) is 11.6 Å². The summed E-state index contributed by atoms with van der Waals surface area (Å²) in [6, 6.07) is 1.92. The molecule has 0 aromatic carbocycles. The number of pyridine rings is 1. The second-order valence-electron chi connectivity index (χ2n) is 2.72. The van der Waals surface area contributed by atoms with Crippen LogP contribution in [0.1, 0.15) is 5.56 Å². The first-order chi connectivity index (χ1) is 6.24. The van der Waals surface area contributed by atoms with Crippen LogP contribution in [0.25, 0.3) is 0 Å². The van der Waals surface area contributed by atoms with Gasteiger partial charge in [0, 0.05) is 24.3 Å². The SMILES string of the molecule is COCC(Br)Cc1ccncc1Cl. The van der Waals surface area contributed by atoms with E-state index >= 15 is 0 Å². The van der Waals surface area contributed by atoms with Gasteiger partial charge in [-0.3, -0.25) is 4.98 Å². The number of ether oxygens (including phenoxy) is 1. The Kier molecular flexibility index (Phi) is 4.70. The normalized spacial score (nSPS) is 12.8. The lowest BCUT2D eigenvalue weighted by molar-refractivity contribution is 0.200. The average Bonchev–Trinajstić information content (AvgIpc) is 2.09. The first kappa shape index (κ1) is 11.0. The number of nitrogens with zero attached hydrogens (tertiary/aromatic N) is 1. The second-order valence-corrected chi connectivity index (χ2v) is 4.43. The van der Waals surface area contributed by atoms with Gasteiger partial charge in [0.15, 0.2) is 0 Å². The van der Waals surface area contributed by atoms with Crippen molar-refractivity contribution in [3.05, 3.63) is 29.0 Å². The van der Waals surface area contributed by atoms with Gasteiger partial charge in [0.25, 0.3) is 0 Å². The van der Waals surface area contributed by atoms with Crippen molar-refractivity contribution >= 4 is 27.5 Å². The molecular weight excluding hydrogens is 253 g/mol. The van der Waals surface area contributed by atoms with Crippen LogP contribution in [0.4, 0.5) is 0 Å². The molecule has 0 radical (unpaired) electrons. The summed E-state index contributed by atoms with van der Waals surface area (Å²) in [5.41, 5.74) is 1.09. The highest BCUT2D eigenvalue weighted by molar-refractivity contribution is 9.09. The molecule has 1 atom stereocenters. The summed E-state index contributed by atoms with van der Waals surface area (Å²) in [6.45, 7) is 0.679. The van der Waals surface area contributed by atoms with Gasteiger partial charge in [-0.1, -0.05) is 27.5 Å². The highest BCUT2D eigenvalue weighted by atomic mass is 79.9. The maximum atomic E-state index is 5.94. The second kappa shape index (κ2) is 5.58. The Morgan fingerprint density at radius 1 is 1.69 bits per heavy atom. The molecule has 0 bridgehead atoms. The lowest BCUT2D eigenvalue weighted by Gasteiger charge is -2.08. The lowest BCUT2D eigenvalue weighted by Crippen LogP contribution is -2.10. The Balaban J connectivity index is 2.58. The van der Waals surface area contributed by atoms with E-state index in [1.54, 1.807) is 19.5 Å². The van der Waals surface area contributed by atoms with E-state index < -0.39 is 0 Å². The molecule has 72 valence electrons. The van der Waals surface area contributed by atoms with Crippen molar-refractivity contribution in [1.82, 2.24) is 4.98 Å². The van der Waals surface area contributed by atoms with E-state index in [-0.39, 0.29) is 0 Å². The van der Waals surface area contributed by atoms with Gasteiger partial charge in [0.1, 0.15) is 0 Å². The highest BCUT2D eigenvalue weighted by Gasteiger charge is 2.07. The molecule has 1 aromatic heterocycles. The Labute approximate surface area is 91.4 Å². The van der Waals surface area contributed by atoms with E-state index in [1.165, 1.54) is 0 Å². The van der Waals surface area contributed by atoms with Crippen LogP contribution in [-0.2, 0) is 11.2 Å². The van der Waals surface area contributed by atoms with Crippen LogP contribution in [0.5, 0.6) is 0 Å². The van der Waals surface area contributed by atoms with Gasteiger partial charge in [-0.25, -0.2) is 0 Å². The number of halogens is 2. The van der Waals surface area contributed by atoms with Crippen LogP contribution >= 0.6 is 27.5 Å². The summed E-state index contributed by atoms with van der Waals surface area (Å²) in [5, 5.41) is 0.711. The van der Waals surface area contributed by atoms with Crippen LogP contribution in [0.15, 0.2) is 18.5 Å². The lowest BCUT2D eigenvalue weighted by atomic mass is 10.1. The van der Waals surface area contributed by atoms with Crippen molar-refractivity contribution in [1.29, 1.82) is 0 Å². The number of hydrogen-bond acceptors (Lipinski definition) is 2. The molecule has 0 saturated carbocycles. The average molecular weight is 265 g/mol. The minimum Gasteiger partial charge on any atom is -0.384 e. The smallest absolute Gasteiger partial charge is 0.0621 e. The van der Waals surface area contributed by atoms with Crippen molar-refractivity contribution in [3.63, 3.8) is 0 Å². The monoisotopic (exact) mass is 263 g/mol. The summed E-state index contributed by atoms with van der Waals surface area (Å²) < 4.78 is 5.01. The largest absolute Gasteiger partial charge is 0.384 e. The fraction of sp³-hybridized carbons (Fsp3) is 0.444. The molecule has 1 heterocycles. The Morgan fingerprint density at radius 2 is 2.46 bits per heavy atom. The molecule has 0 aliphatic heterocycles. The predicted octanol–water partition coefficient (Wildman–Crippen LogP) is 2.69. The molecule has 2 nitrogen and oxygen atoms in total. The number of alkyl halides is 1. The van der Waals surface area contributed by atoms with E-state index in [0.717, 1.165) is 12.0 Å². The molecule has 0 aliphatic rings. The summed E-state index contributed by atoms with van der Waals surface area (Å²) in [7, 11) is 1.68. The molecule has 4 heteroatoms. The van der Waals surface area contributed by atoms with E-state index in [9.17, 15) is 0 Å². The van der Waals surface area contributed by atoms with Crippen LogP contribution in [0.3, 0.4) is 0 Å². The van der Waals surface area contributed by atoms with Gasteiger partial charge in [-0.05, 0) is 18.1 Å². The first-order valence-corrected chi connectivity index (χ1v) is 5.24. The zero-order valence-corrected chi connectivity index (χ0v) is 9.68. The number of aromatic nitrogens is 1. The third-order valence-electron chi connectivity index (χ3n) is 1.65. The van der Waals surface area contributed by atoms with Gasteiger partial charge in [0.2, 0.25) is 0 Å². The van der Waals surface area contributed by atoms with E-state index in [4.69, 9.17) is 16.3 Å². The van der Waals surface area contributed by atoms with Crippen molar-refractivity contribution in [2.75, 3.05) is 13.7 Å². The van der Waals surface area contributed by atoms with E-state index in [2.05, 4.69) is 20.9 Å². The molecule has 0 aliphatic carbocycles. The van der Waals surface area contributed by atoms with Gasteiger partial charge < -0.3 is 4.74 Å². The Bertz CT molecular complexity index is 270. The summed E-state index contributed by atoms with van der Waals surface area (Å²) in [5.74, 6) is 0. The third kappa shape index (κ3) is 3.63. The van der Waals surface area contributed by atoms with Crippen LogP contribution in [0.2, 0.25) is 5.02 Å². The Morgan fingerprint density at radius 3 is 3.08 bits per heavy atom. The van der Waals surface area contributed by atoms with Crippen LogP contribution in [0, 0.1) is 0 Å². The number of rotatable bonds is 4. The summed E-state index contributed by atoms with van der Waals surface area (Å²) in [4.78, 5) is 4.22. The highest BCUT2D eigenvalue weighted by Crippen LogP contribution is 2.18. The predicted molar refractivity (Wildman–Crippen MR) is 57.5 cm³/mol. The van der Waals surface area contributed by atoms with Crippen molar-refractivity contribution < 1.29 is 4.74 Å². The molecular formula is C9H11BrClNO. The van der Waals surface area contributed by atoms with E-state index in [1.807, 2.05) is 6.07 Å². The maximum Gasteiger partial charge on any atom is 0.0621 e. The number of methoxy groups -OCH3 is 1. The van der Waals surface area contributed by atoms with Crippen molar-refractivity contribution in [2.24, 2.45) is 0 Å². The summed E-state index contributed by atoms with van der Waals surface area (Å²) in [6.07, 6.45) is 4.26.